The van der Waals surface area contributed by atoms with E-state index < -0.39 is 42.6 Å². The van der Waals surface area contributed by atoms with Gasteiger partial charge in [-0.15, -0.1) is 0 Å². The predicted octanol–water partition coefficient (Wildman–Crippen LogP) is 1.56. The minimum Gasteiger partial charge on any atom is -0.467 e. The molecule has 1 saturated carbocycles. The van der Waals surface area contributed by atoms with Crippen LogP contribution in [0, 0.1) is 0 Å². The van der Waals surface area contributed by atoms with E-state index in [4.69, 9.17) is 9.47 Å². The van der Waals surface area contributed by atoms with Gasteiger partial charge in [-0.05, 0) is 57.1 Å². The normalized spacial score (nSPS) is 18.2. The molecule has 270 valence electrons. The summed E-state index contributed by atoms with van der Waals surface area (Å²) >= 11 is 0. The molecule has 16 nitrogen and oxygen atoms in total. The number of carboxylic acid groups (broad SMARTS) is 1. The second-order valence-electron chi connectivity index (χ2n) is 12.7. The van der Waals surface area contributed by atoms with Gasteiger partial charge in [0, 0.05) is 51.3 Å². The minimum absolute atomic E-state index is 0.0468. The third-order valence-corrected chi connectivity index (χ3v) is 9.15. The summed E-state index contributed by atoms with van der Waals surface area (Å²) in [6, 6.07) is 8.69. The van der Waals surface area contributed by atoms with E-state index in [1.165, 1.54) is 25.4 Å². The number of amides is 5. The number of hydrogen-bond donors (Lipinski definition) is 3. The Morgan fingerprint density at radius 2 is 1.68 bits per heavy atom. The number of likely N-dealkylation sites (tertiary alicyclic amines) is 1. The molecule has 2 unspecified atom stereocenters. The van der Waals surface area contributed by atoms with E-state index in [1.807, 2.05) is 13.0 Å². The molecular weight excluding hydrogens is 650 g/mol. The predicted molar refractivity (Wildman–Crippen MR) is 177 cm³/mol. The lowest BCUT2D eigenvalue weighted by molar-refractivity contribution is -0.144. The lowest BCUT2D eigenvalue weighted by Gasteiger charge is -2.35. The number of esters is 1. The van der Waals surface area contributed by atoms with Crippen LogP contribution in [-0.2, 0) is 23.9 Å². The van der Waals surface area contributed by atoms with E-state index in [2.05, 4.69) is 15.7 Å². The molecule has 1 aromatic carbocycles. The molecule has 0 bridgehead atoms. The lowest BCUT2D eigenvalue weighted by atomic mass is 9.93. The molecule has 2 saturated heterocycles. The quantitative estimate of drug-likeness (QED) is 0.244. The maximum atomic E-state index is 13.6. The van der Waals surface area contributed by atoms with Gasteiger partial charge in [-0.1, -0.05) is 25.1 Å². The van der Waals surface area contributed by atoms with E-state index in [-0.39, 0.29) is 75.1 Å². The minimum atomic E-state index is -1.13. The molecule has 0 radical (unpaired) electrons. The number of carbonyl (C=O) groups is 6. The van der Waals surface area contributed by atoms with Crippen LogP contribution in [-0.4, -0.2) is 129 Å². The van der Waals surface area contributed by atoms with Crippen LogP contribution in [0.15, 0.2) is 36.4 Å². The molecule has 1 aromatic heterocycles. The number of rotatable bonds is 14. The molecule has 1 aliphatic carbocycles. The topological polar surface area (TPSA) is 193 Å². The van der Waals surface area contributed by atoms with Crippen LogP contribution in [0.4, 0.5) is 4.79 Å². The summed E-state index contributed by atoms with van der Waals surface area (Å²) in [5, 5.41) is 19.5. The monoisotopic (exact) mass is 695 g/mol. The first-order valence-electron chi connectivity index (χ1n) is 17.3. The number of piperazine rings is 1. The van der Waals surface area contributed by atoms with Crippen molar-refractivity contribution in [2.24, 2.45) is 0 Å². The molecular formula is C34H45N7O9. The second kappa shape index (κ2) is 17.0. The molecule has 0 spiro atoms. The van der Waals surface area contributed by atoms with Crippen molar-refractivity contribution in [2.45, 2.75) is 76.4 Å². The number of benzene rings is 1. The fraction of sp³-hybridized carbons (Fsp3) is 0.559. The van der Waals surface area contributed by atoms with Crippen molar-refractivity contribution >= 4 is 35.7 Å². The standard InChI is InChI=1S/C34H45N7O9/c1-2-20-49-30(43)14-13-25(33(46)38-16-18-39(19-17-38)34(47)48)36-31(44)26-21-29(41(37-26)24-10-4-3-5-11-24)50-22-28(42)40-15-7-12-27(40)32(45)35-23-8-6-9-23/h3-5,10-11,21,23,25,27H,2,6-9,12-20,22H2,1H3,(H,35,45)(H,36,44)(H,47,48). The van der Waals surface area contributed by atoms with Crippen molar-refractivity contribution in [1.29, 1.82) is 0 Å². The molecule has 3 heterocycles. The number of para-hydroxylation sites is 1. The number of nitrogens with zero attached hydrogens (tertiary/aromatic N) is 5. The number of aromatic nitrogens is 2. The molecule has 3 fully saturated rings. The fourth-order valence-corrected chi connectivity index (χ4v) is 6.12. The SMILES string of the molecule is CCCOC(=O)CCC(NC(=O)c1cc(OCC(=O)N2CCCC2C(=O)NC2CCC2)n(-c2ccccc2)n1)C(=O)N1CCN(C(=O)O)CC1. The fourth-order valence-electron chi connectivity index (χ4n) is 6.12. The molecule has 5 amide bonds. The zero-order valence-corrected chi connectivity index (χ0v) is 28.3. The van der Waals surface area contributed by atoms with Crippen LogP contribution in [0.3, 0.4) is 0 Å². The van der Waals surface area contributed by atoms with Crippen molar-refractivity contribution in [1.82, 2.24) is 35.1 Å². The molecule has 16 heteroatoms. The summed E-state index contributed by atoms with van der Waals surface area (Å²) in [7, 11) is 0. The summed E-state index contributed by atoms with van der Waals surface area (Å²) in [5.41, 5.74) is 0.452. The largest absolute Gasteiger partial charge is 0.467 e. The molecule has 50 heavy (non-hydrogen) atoms. The van der Waals surface area contributed by atoms with E-state index >= 15 is 0 Å². The van der Waals surface area contributed by atoms with Crippen LogP contribution >= 0.6 is 0 Å². The van der Waals surface area contributed by atoms with E-state index in [0.717, 1.165) is 19.3 Å². The van der Waals surface area contributed by atoms with Gasteiger partial charge in [0.05, 0.1) is 12.3 Å². The van der Waals surface area contributed by atoms with Gasteiger partial charge in [0.2, 0.25) is 17.7 Å². The zero-order valence-electron chi connectivity index (χ0n) is 28.3. The molecule has 5 rings (SSSR count). The van der Waals surface area contributed by atoms with E-state index in [9.17, 15) is 33.9 Å². The van der Waals surface area contributed by atoms with Crippen LogP contribution in [0.5, 0.6) is 5.88 Å². The van der Waals surface area contributed by atoms with Gasteiger partial charge in [-0.2, -0.15) is 5.10 Å². The van der Waals surface area contributed by atoms with Crippen molar-refractivity contribution in [3.63, 3.8) is 0 Å². The van der Waals surface area contributed by atoms with E-state index in [0.29, 0.717) is 31.5 Å². The Balaban J connectivity index is 1.29. The Morgan fingerprint density at radius 1 is 0.960 bits per heavy atom. The van der Waals surface area contributed by atoms with Crippen LogP contribution in [0.2, 0.25) is 0 Å². The highest BCUT2D eigenvalue weighted by Crippen LogP contribution is 2.24. The highest BCUT2D eigenvalue weighted by atomic mass is 16.5. The highest BCUT2D eigenvalue weighted by Gasteiger charge is 2.36. The summed E-state index contributed by atoms with van der Waals surface area (Å²) in [5.74, 6) is -2.11. The summed E-state index contributed by atoms with van der Waals surface area (Å²) < 4.78 is 12.5. The van der Waals surface area contributed by atoms with Gasteiger partial charge >= 0.3 is 12.1 Å². The van der Waals surface area contributed by atoms with Crippen LogP contribution in [0.1, 0.15) is 68.8 Å². The molecule has 2 aromatic rings. The van der Waals surface area contributed by atoms with Gasteiger partial charge in [-0.3, -0.25) is 24.0 Å². The van der Waals surface area contributed by atoms with Gasteiger partial charge in [0.1, 0.15) is 12.1 Å². The smallest absolute Gasteiger partial charge is 0.407 e. The first kappa shape index (κ1) is 36.1. The average Bonchev–Trinajstić information content (AvgIpc) is 3.78. The highest BCUT2D eigenvalue weighted by molar-refractivity contribution is 5.96. The molecule has 3 N–H and O–H groups in total. The maximum Gasteiger partial charge on any atom is 0.407 e. The molecule has 3 aliphatic rings. The summed E-state index contributed by atoms with van der Waals surface area (Å²) in [6.45, 7) is 2.63. The van der Waals surface area contributed by atoms with Gasteiger partial charge in [0.15, 0.2) is 12.3 Å². The van der Waals surface area contributed by atoms with Crippen molar-refractivity contribution in [3.05, 3.63) is 42.1 Å². The number of ether oxygens (including phenoxy) is 2. The average molecular weight is 696 g/mol. The third kappa shape index (κ3) is 9.09. The van der Waals surface area contributed by atoms with Crippen LogP contribution in [0.25, 0.3) is 5.69 Å². The zero-order chi connectivity index (χ0) is 35.6. The Kier molecular flexibility index (Phi) is 12.3. The Bertz CT molecular complexity index is 1540. The Hall–Kier alpha value is -5.15. The van der Waals surface area contributed by atoms with Crippen LogP contribution < -0.4 is 15.4 Å². The third-order valence-electron chi connectivity index (χ3n) is 9.15. The second-order valence-corrected chi connectivity index (χ2v) is 12.7. The Morgan fingerprint density at radius 3 is 2.34 bits per heavy atom. The number of carbonyl (C=O) groups excluding carboxylic acids is 5. The van der Waals surface area contributed by atoms with Crippen molar-refractivity contribution in [2.75, 3.05) is 45.9 Å². The molecule has 2 aliphatic heterocycles. The Labute approximate surface area is 290 Å². The van der Waals surface area contributed by atoms with Gasteiger partial charge < -0.3 is 39.9 Å². The first-order chi connectivity index (χ1) is 24.1. The van der Waals surface area contributed by atoms with Crippen molar-refractivity contribution < 1.29 is 43.3 Å². The van der Waals surface area contributed by atoms with Gasteiger partial charge in [-0.25, -0.2) is 9.48 Å². The first-order valence-corrected chi connectivity index (χ1v) is 17.3. The van der Waals surface area contributed by atoms with Gasteiger partial charge in [0.25, 0.3) is 11.8 Å². The number of nitrogens with one attached hydrogen (secondary N) is 2. The summed E-state index contributed by atoms with van der Waals surface area (Å²) in [6.07, 6.45) is 3.62. The number of hydrogen-bond acceptors (Lipinski definition) is 9. The maximum absolute atomic E-state index is 13.6. The summed E-state index contributed by atoms with van der Waals surface area (Å²) in [4.78, 5) is 81.3. The lowest BCUT2D eigenvalue weighted by Crippen LogP contribution is -2.55. The van der Waals surface area contributed by atoms with E-state index in [1.54, 1.807) is 24.3 Å². The molecule has 2 atom stereocenters. The van der Waals surface area contributed by atoms with Crippen molar-refractivity contribution in [3.8, 4) is 11.6 Å².